The van der Waals surface area contributed by atoms with Crippen LogP contribution in [0.5, 0.6) is 17.2 Å². The summed E-state index contributed by atoms with van der Waals surface area (Å²) in [5.41, 5.74) is 8.81. The molecule has 0 bridgehead atoms. The van der Waals surface area contributed by atoms with Crippen LogP contribution in [0.25, 0.3) is 22.8 Å². The number of likely N-dealkylation sites (tertiary alicyclic amines) is 1. The van der Waals surface area contributed by atoms with E-state index in [4.69, 9.17) is 5.73 Å². The van der Waals surface area contributed by atoms with Crippen LogP contribution in [-0.4, -0.2) is 102 Å². The van der Waals surface area contributed by atoms with Crippen molar-refractivity contribution in [3.63, 3.8) is 0 Å². The fraction of sp³-hybridized carbons (Fsp3) is 0.359. The van der Waals surface area contributed by atoms with Crippen LogP contribution in [0, 0.1) is 31.1 Å². The number of rotatable bonds is 7. The Morgan fingerprint density at radius 1 is 0.929 bits per heavy atom. The fourth-order valence-electron chi connectivity index (χ4n) is 6.75. The summed E-state index contributed by atoms with van der Waals surface area (Å²) in [6, 6.07) is 13.9. The van der Waals surface area contributed by atoms with E-state index in [1.807, 2.05) is 18.7 Å². The zero-order valence-corrected chi connectivity index (χ0v) is 35.8. The predicted molar refractivity (Wildman–Crippen MR) is 202 cm³/mol. The van der Waals surface area contributed by atoms with Crippen molar-refractivity contribution in [3.05, 3.63) is 88.4 Å². The number of hydrogen-bond donors (Lipinski definition) is 5. The number of phenolic OH excluding ortho intramolecular Hbond substituents is 3. The van der Waals surface area contributed by atoms with Gasteiger partial charge in [0.2, 0.25) is 17.6 Å². The number of aromatic nitrogens is 3. The Hall–Kier alpha value is -5.24. The summed E-state index contributed by atoms with van der Waals surface area (Å²) in [5, 5.41) is 43.9. The second kappa shape index (κ2) is 19.1. The molecule has 56 heavy (non-hydrogen) atoms. The first-order valence-corrected chi connectivity index (χ1v) is 18.0. The SMILES string of the molecule is CCNC(=O)c1nnc(-c2cc(C(C)C)c(O)cc2O)n1-c1ccc(C(=O)N2CCCC2)cc1.C[NH-].O=C1CCC(N2Cc3c(O)cccc3C2=O)C(=O)N1.[U]. The van der Waals surface area contributed by atoms with Gasteiger partial charge in [0.15, 0.2) is 5.82 Å². The van der Waals surface area contributed by atoms with E-state index < -0.39 is 17.9 Å². The van der Waals surface area contributed by atoms with Crippen LogP contribution in [-0.2, 0) is 16.1 Å². The van der Waals surface area contributed by atoms with Gasteiger partial charge in [0, 0.05) is 85.6 Å². The average molecular weight is 992 g/mol. The minimum absolute atomic E-state index is 0. The molecule has 0 aliphatic carbocycles. The first-order chi connectivity index (χ1) is 26.4. The normalized spacial score (nSPS) is 15.9. The summed E-state index contributed by atoms with van der Waals surface area (Å²) >= 11 is 0. The molecule has 4 heterocycles. The molecule has 17 heteroatoms. The standard InChI is InChI=1S/C25H29N5O4.C13H12N2O4.CH4N.U/c1-4-26-24(33)23-28-27-22(19-13-18(15(2)3)20(31)14-21(19)32)30(23)17-9-7-16(8-10-17)25(34)29-11-5-6-12-29;16-10-3-1-2-7-8(10)6-15(13(7)19)9-4-5-11(17)14-12(9)18;1-2;/h7-10,13-15,31-32H,4-6,11-12H2,1-3H3,(H,26,33);1-3,9,16H,4-6H2,(H,14,17,18);2H,1H3;/q;;-1;. The first-order valence-electron chi connectivity index (χ1n) is 18.0. The van der Waals surface area contributed by atoms with Gasteiger partial charge in [0.05, 0.1) is 12.1 Å². The number of imide groups is 1. The maximum atomic E-state index is 12.7. The third-order valence-electron chi connectivity index (χ3n) is 9.53. The molecule has 1 aromatic heterocycles. The fourth-order valence-corrected chi connectivity index (χ4v) is 6.75. The smallest absolute Gasteiger partial charge is 0.289 e. The molecule has 0 spiro atoms. The number of benzene rings is 3. The van der Waals surface area contributed by atoms with Crippen LogP contribution in [0.3, 0.4) is 0 Å². The largest absolute Gasteiger partial charge is 0.680 e. The van der Waals surface area contributed by atoms with Gasteiger partial charge in [-0.1, -0.05) is 19.9 Å². The molecule has 4 aromatic rings. The summed E-state index contributed by atoms with van der Waals surface area (Å²) in [5.74, 6) is -1.32. The van der Waals surface area contributed by atoms with Crippen molar-refractivity contribution in [3.8, 4) is 34.3 Å². The molecule has 5 amide bonds. The van der Waals surface area contributed by atoms with Gasteiger partial charge in [0.1, 0.15) is 23.3 Å². The summed E-state index contributed by atoms with van der Waals surface area (Å²) in [6.07, 6.45) is 2.57. The summed E-state index contributed by atoms with van der Waals surface area (Å²) < 4.78 is 1.55. The molecule has 2 fully saturated rings. The van der Waals surface area contributed by atoms with Gasteiger partial charge >= 0.3 is 0 Å². The molecule has 6 N–H and O–H groups in total. The predicted octanol–water partition coefficient (Wildman–Crippen LogP) is 4.28. The van der Waals surface area contributed by atoms with Gasteiger partial charge in [-0.25, -0.2) is 0 Å². The minimum Gasteiger partial charge on any atom is -0.680 e. The van der Waals surface area contributed by atoms with Crippen molar-refractivity contribution in [1.29, 1.82) is 0 Å². The van der Waals surface area contributed by atoms with Gasteiger partial charge in [0.25, 0.3) is 17.7 Å². The maximum absolute atomic E-state index is 12.7. The first kappa shape index (κ1) is 43.5. The van der Waals surface area contributed by atoms with E-state index in [9.17, 15) is 39.3 Å². The van der Waals surface area contributed by atoms with Crippen molar-refractivity contribution >= 4 is 29.5 Å². The third-order valence-corrected chi connectivity index (χ3v) is 9.53. The number of aromatic hydroxyl groups is 3. The van der Waals surface area contributed by atoms with Crippen molar-refractivity contribution in [2.45, 2.75) is 65.0 Å². The van der Waals surface area contributed by atoms with E-state index >= 15 is 0 Å². The van der Waals surface area contributed by atoms with E-state index in [0.717, 1.165) is 25.9 Å². The van der Waals surface area contributed by atoms with E-state index in [1.165, 1.54) is 24.1 Å². The second-order valence-corrected chi connectivity index (χ2v) is 13.4. The Morgan fingerprint density at radius 3 is 2.21 bits per heavy atom. The van der Waals surface area contributed by atoms with Crippen LogP contribution in [0.4, 0.5) is 0 Å². The van der Waals surface area contributed by atoms with Gasteiger partial charge in [-0.3, -0.25) is 33.9 Å². The number of carbonyl (C=O) groups excluding carboxylic acids is 5. The number of amides is 5. The molecule has 3 aliphatic rings. The molecule has 16 nitrogen and oxygen atoms in total. The Labute approximate surface area is 347 Å². The van der Waals surface area contributed by atoms with Crippen LogP contribution in [0.1, 0.15) is 94.8 Å². The van der Waals surface area contributed by atoms with Crippen molar-refractivity contribution in [2.75, 3.05) is 26.7 Å². The molecule has 1 atom stereocenters. The molecule has 0 radical (unpaired) electrons. The van der Waals surface area contributed by atoms with Crippen LogP contribution in [0.15, 0.2) is 54.6 Å². The monoisotopic (exact) mass is 991 g/mol. The van der Waals surface area contributed by atoms with Crippen molar-refractivity contribution < 1.29 is 70.4 Å². The Morgan fingerprint density at radius 2 is 1.61 bits per heavy atom. The van der Waals surface area contributed by atoms with Crippen LogP contribution < -0.4 is 10.6 Å². The number of fused-ring (bicyclic) bond motifs is 1. The zero-order valence-electron chi connectivity index (χ0n) is 31.6. The van der Waals surface area contributed by atoms with Crippen LogP contribution >= 0.6 is 0 Å². The van der Waals surface area contributed by atoms with E-state index in [0.29, 0.717) is 46.5 Å². The molecule has 0 saturated carbocycles. The molecule has 294 valence electrons. The second-order valence-electron chi connectivity index (χ2n) is 13.4. The van der Waals surface area contributed by atoms with E-state index in [2.05, 4.69) is 20.8 Å². The van der Waals surface area contributed by atoms with Crippen molar-refractivity contribution in [1.82, 2.24) is 35.2 Å². The number of piperidine rings is 1. The van der Waals surface area contributed by atoms with E-state index in [-0.39, 0.29) is 96.6 Å². The average Bonchev–Trinajstić information content (AvgIpc) is 3.93. The number of hydrogen-bond acceptors (Lipinski definition) is 10. The molecular formula is C39H45N8O8U-. The zero-order chi connectivity index (χ0) is 40.0. The molecule has 3 aromatic carbocycles. The molecule has 2 saturated heterocycles. The quantitative estimate of drug-likeness (QED) is 0.165. The molecule has 7 rings (SSSR count). The van der Waals surface area contributed by atoms with Gasteiger partial charge < -0.3 is 36.2 Å². The summed E-state index contributed by atoms with van der Waals surface area (Å²) in [7, 11) is 1.25. The number of carbonyl (C=O) groups is 5. The Balaban J connectivity index is 0.000000268. The number of nitrogens with zero attached hydrogens (tertiary/aromatic N) is 5. The molecular weight excluding hydrogens is 947 g/mol. The molecule has 3 aliphatic heterocycles. The Bertz CT molecular complexity index is 2100. The van der Waals surface area contributed by atoms with Gasteiger partial charge in [-0.05, 0) is 80.1 Å². The van der Waals surface area contributed by atoms with Gasteiger partial charge in [-0.15, -0.1) is 10.2 Å². The molecule has 1 unspecified atom stereocenters. The number of phenols is 3. The van der Waals surface area contributed by atoms with Gasteiger partial charge in [-0.2, -0.15) is 7.05 Å². The number of nitrogens with one attached hydrogen (secondary N) is 3. The topological polar surface area (TPSA) is 231 Å². The van der Waals surface area contributed by atoms with Crippen molar-refractivity contribution in [2.24, 2.45) is 0 Å². The maximum Gasteiger partial charge on any atom is 0.289 e. The van der Waals surface area contributed by atoms with E-state index in [1.54, 1.807) is 54.0 Å². The minimum atomic E-state index is -0.642. The Kier molecular flexibility index (Phi) is 14.8. The third kappa shape index (κ3) is 9.07. The van der Waals surface area contributed by atoms with Crippen LogP contribution in [0.2, 0.25) is 0 Å². The summed E-state index contributed by atoms with van der Waals surface area (Å²) in [6.45, 7) is 7.79. The summed E-state index contributed by atoms with van der Waals surface area (Å²) in [4.78, 5) is 63.9.